The van der Waals surface area contributed by atoms with Gasteiger partial charge in [-0.3, -0.25) is 18.7 Å². The number of halogens is 2. The standard InChI is InChI=1S/C36H50I2N2O16S2/c1-17-19-4-5-26-35(2)15-20(13-21(33(45)46)22(35)7-8-36(26,14-19)32(17)44)53-34-29(43)31(56-58(50,51)52)30(55-57(47,48)49)25(54-34)16-39-9-10-40-27(41)6-3-18-11-23(37)28(42)24(38)12-18/h11-12,19-22,25-26,29-32,34,39,42-44H,1,3-10,13-16H2,2H3,(H,40,41)(H,45,46)(H,47,48,49)(H,50,51,52)/t19?,20?,21?,22?,25-,26?,29?,30+,31+,32-,34+,35?,36?/m0/s1. The van der Waals surface area contributed by atoms with Crippen LogP contribution in [0.3, 0.4) is 0 Å². The van der Waals surface area contributed by atoms with Crippen molar-refractivity contribution in [3.8, 4) is 5.75 Å². The van der Waals surface area contributed by atoms with Crippen molar-refractivity contribution in [3.63, 3.8) is 0 Å². The molecule has 13 atom stereocenters. The highest BCUT2D eigenvalue weighted by Gasteiger charge is 2.67. The zero-order valence-electron chi connectivity index (χ0n) is 31.5. The Morgan fingerprint density at radius 3 is 2.29 bits per heavy atom. The molecule has 4 saturated carbocycles. The number of aliphatic carboxylic acids is 1. The summed E-state index contributed by atoms with van der Waals surface area (Å²) in [6, 6.07) is 3.55. The van der Waals surface area contributed by atoms with Crippen molar-refractivity contribution in [1.82, 2.24) is 10.6 Å². The summed E-state index contributed by atoms with van der Waals surface area (Å²) >= 11 is 4.00. The molecule has 18 nitrogen and oxygen atoms in total. The number of carboxylic acid groups (broad SMARTS) is 1. The number of nitrogens with one attached hydrogen (secondary N) is 2. The maximum Gasteiger partial charge on any atom is 0.397 e. The number of hydrogen-bond donors (Lipinski definition) is 8. The van der Waals surface area contributed by atoms with E-state index < -0.39 is 86.4 Å². The number of benzene rings is 1. The van der Waals surface area contributed by atoms with E-state index in [1.807, 2.05) is 52.1 Å². The minimum absolute atomic E-state index is 0.00235. The summed E-state index contributed by atoms with van der Waals surface area (Å²) in [7, 11) is -10.7. The molecule has 1 aromatic rings. The first-order valence-corrected chi connectivity index (χ1v) is 24.0. The molecule has 8 N–H and O–H groups in total. The van der Waals surface area contributed by atoms with Gasteiger partial charge in [0.15, 0.2) is 6.29 Å². The zero-order valence-corrected chi connectivity index (χ0v) is 37.5. The molecule has 1 aliphatic heterocycles. The van der Waals surface area contributed by atoms with Gasteiger partial charge in [-0.15, -0.1) is 0 Å². The number of amides is 1. The Bertz CT molecular complexity index is 1950. The molecule has 1 heterocycles. The molecule has 1 aromatic carbocycles. The Hall–Kier alpha value is -1.30. The third-order valence-electron chi connectivity index (χ3n) is 13.2. The molecular weight excluding hydrogens is 1030 g/mol. The first-order chi connectivity index (χ1) is 27.0. The van der Waals surface area contributed by atoms with E-state index >= 15 is 0 Å². The number of phenolic OH excluding ortho intramolecular Hbond substituents is 1. The van der Waals surface area contributed by atoms with Crippen LogP contribution in [0.4, 0.5) is 0 Å². The van der Waals surface area contributed by atoms with Crippen LogP contribution in [-0.4, -0.2) is 121 Å². The highest BCUT2D eigenvalue weighted by molar-refractivity contribution is 14.1. The molecule has 4 aliphatic carbocycles. The summed E-state index contributed by atoms with van der Waals surface area (Å²) in [6.45, 7) is 6.01. The predicted octanol–water partition coefficient (Wildman–Crippen LogP) is 2.33. The molecule has 22 heteroatoms. The number of ether oxygens (including phenoxy) is 2. The van der Waals surface area contributed by atoms with Gasteiger partial charge in [-0.2, -0.15) is 16.8 Å². The summed E-state index contributed by atoms with van der Waals surface area (Å²) in [5.74, 6) is -2.17. The van der Waals surface area contributed by atoms with Gasteiger partial charge in [0.2, 0.25) is 5.91 Å². The molecule has 1 spiro atoms. The van der Waals surface area contributed by atoms with Crippen LogP contribution in [0.15, 0.2) is 24.3 Å². The molecule has 326 valence electrons. The van der Waals surface area contributed by atoms with Gasteiger partial charge in [-0.1, -0.05) is 13.5 Å². The van der Waals surface area contributed by atoms with Gasteiger partial charge < -0.3 is 40.5 Å². The van der Waals surface area contributed by atoms with E-state index in [-0.39, 0.29) is 61.9 Å². The van der Waals surface area contributed by atoms with E-state index in [0.29, 0.717) is 32.8 Å². The Kier molecular flexibility index (Phi) is 14.2. The number of aryl methyl sites for hydroxylation is 1. The second-order valence-electron chi connectivity index (χ2n) is 16.5. The van der Waals surface area contributed by atoms with E-state index in [2.05, 4.69) is 17.2 Å². The van der Waals surface area contributed by atoms with Crippen molar-refractivity contribution in [2.75, 3.05) is 19.6 Å². The number of hydrogen-bond acceptors (Lipinski definition) is 14. The van der Waals surface area contributed by atoms with Gasteiger partial charge in [-0.05, 0) is 143 Å². The number of aliphatic hydroxyl groups excluding tert-OH is 2. The summed E-state index contributed by atoms with van der Waals surface area (Å²) in [5.41, 5.74) is 0.556. The van der Waals surface area contributed by atoms with Crippen LogP contribution >= 0.6 is 45.2 Å². The fourth-order valence-corrected chi connectivity index (χ4v) is 13.8. The van der Waals surface area contributed by atoms with E-state index in [1.54, 1.807) is 12.1 Å². The highest BCUT2D eigenvalue weighted by atomic mass is 127. The Labute approximate surface area is 364 Å². The lowest BCUT2D eigenvalue weighted by Gasteiger charge is -2.62. The lowest BCUT2D eigenvalue weighted by molar-refractivity contribution is -0.309. The number of fused-ring (bicyclic) bond motifs is 3. The van der Waals surface area contributed by atoms with Crippen molar-refractivity contribution in [2.45, 2.75) is 108 Å². The molecule has 2 bridgehead atoms. The van der Waals surface area contributed by atoms with Crippen molar-refractivity contribution in [1.29, 1.82) is 0 Å². The average molecular weight is 1080 g/mol. The summed E-state index contributed by atoms with van der Waals surface area (Å²) in [4.78, 5) is 25.4. The van der Waals surface area contributed by atoms with Gasteiger partial charge >= 0.3 is 26.8 Å². The minimum atomic E-state index is -5.39. The largest absolute Gasteiger partial charge is 0.506 e. The van der Waals surface area contributed by atoms with Gasteiger partial charge in [0.1, 0.15) is 30.2 Å². The fraction of sp³-hybridized carbons (Fsp3) is 0.722. The smallest absolute Gasteiger partial charge is 0.397 e. The SMILES string of the molecule is C=C1C2CCC3C4(C)CC(O[C@@H]5O[C@@H](CNCCNC(=O)CCc6cc(I)c(O)c(I)c6)[C@@H](OS(=O)(=O)O)[C@H](OS(=O)(=O)O)C5O)CC(C(=O)O)C4CCC3(C2)[C@H]1O. The number of phenols is 1. The molecule has 5 aliphatic rings. The average Bonchev–Trinajstić information content (AvgIpc) is 3.29. The first-order valence-electron chi connectivity index (χ1n) is 19.1. The molecule has 6 rings (SSSR count). The predicted molar refractivity (Wildman–Crippen MR) is 220 cm³/mol. The molecular formula is C36H50I2N2O16S2. The van der Waals surface area contributed by atoms with E-state index in [4.69, 9.17) is 17.8 Å². The van der Waals surface area contributed by atoms with Gasteiger partial charge in [0.25, 0.3) is 0 Å². The Morgan fingerprint density at radius 1 is 1.00 bits per heavy atom. The number of rotatable bonds is 15. The number of aliphatic hydroxyl groups is 2. The van der Waals surface area contributed by atoms with E-state index in [0.717, 1.165) is 30.4 Å². The van der Waals surface area contributed by atoms with Crippen LogP contribution in [-0.2, 0) is 54.6 Å². The van der Waals surface area contributed by atoms with Crippen molar-refractivity contribution in [3.05, 3.63) is 37.0 Å². The minimum Gasteiger partial charge on any atom is -0.506 e. The number of carbonyl (C=O) groups is 2. The summed E-state index contributed by atoms with van der Waals surface area (Å²) in [5, 5.41) is 49.0. The molecule has 1 amide bonds. The Balaban J connectivity index is 1.16. The molecule has 1 saturated heterocycles. The van der Waals surface area contributed by atoms with Crippen LogP contribution in [0.25, 0.3) is 0 Å². The second kappa shape index (κ2) is 17.8. The quantitative estimate of drug-likeness (QED) is 0.0411. The van der Waals surface area contributed by atoms with Crippen molar-refractivity contribution < 1.29 is 73.8 Å². The molecule has 5 fully saturated rings. The second-order valence-corrected chi connectivity index (χ2v) is 20.9. The third kappa shape index (κ3) is 9.83. The van der Waals surface area contributed by atoms with Gasteiger partial charge in [-0.25, -0.2) is 8.37 Å². The lowest BCUT2D eigenvalue weighted by atomic mass is 9.43. The van der Waals surface area contributed by atoms with Crippen LogP contribution < -0.4 is 10.6 Å². The van der Waals surface area contributed by atoms with E-state index in [9.17, 15) is 56.0 Å². The first kappa shape index (κ1) is 46.2. The third-order valence-corrected chi connectivity index (χ3v) is 15.8. The molecule has 58 heavy (non-hydrogen) atoms. The number of aromatic hydroxyl groups is 1. The topological polar surface area (TPSA) is 285 Å². The van der Waals surface area contributed by atoms with Crippen LogP contribution in [0.2, 0.25) is 0 Å². The van der Waals surface area contributed by atoms with Crippen LogP contribution in [0, 0.1) is 41.6 Å². The fourth-order valence-electron chi connectivity index (χ4n) is 10.8. The van der Waals surface area contributed by atoms with Gasteiger partial charge in [0, 0.05) is 31.5 Å². The zero-order chi connectivity index (χ0) is 42.5. The monoisotopic (exact) mass is 1080 g/mol. The van der Waals surface area contributed by atoms with Crippen LogP contribution in [0.1, 0.15) is 63.9 Å². The molecule has 0 aromatic heterocycles. The summed E-state index contributed by atoms with van der Waals surface area (Å²) < 4.78 is 90.2. The molecule has 8 unspecified atom stereocenters. The van der Waals surface area contributed by atoms with Crippen molar-refractivity contribution >= 4 is 77.9 Å². The highest BCUT2D eigenvalue weighted by Crippen LogP contribution is 2.70. The molecule has 0 radical (unpaired) electrons. The van der Waals surface area contributed by atoms with E-state index in [1.165, 1.54) is 0 Å². The number of carboxylic acids is 1. The maximum absolute atomic E-state index is 12.8. The summed E-state index contributed by atoms with van der Waals surface area (Å²) in [6.07, 6.45) is -6.94. The van der Waals surface area contributed by atoms with Crippen molar-refractivity contribution in [2.24, 2.45) is 34.5 Å². The van der Waals surface area contributed by atoms with Crippen LogP contribution in [0.5, 0.6) is 5.75 Å². The number of carbonyl (C=O) groups excluding carboxylic acids is 1. The lowest BCUT2D eigenvalue weighted by Crippen LogP contribution is -2.64. The Morgan fingerprint density at radius 2 is 1.66 bits per heavy atom. The normalized spacial score (nSPS) is 37.5. The van der Waals surface area contributed by atoms with Gasteiger partial charge in [0.05, 0.1) is 25.3 Å². The maximum atomic E-state index is 12.8.